The van der Waals surface area contributed by atoms with Crippen molar-refractivity contribution < 1.29 is 9.53 Å². The van der Waals surface area contributed by atoms with Crippen molar-refractivity contribution in [2.24, 2.45) is 0 Å². The topological polar surface area (TPSA) is 53.6 Å². The van der Waals surface area contributed by atoms with Crippen LogP contribution in [0.15, 0.2) is 24.3 Å². The SMILES string of the molecule is CO[C@@H]1CN[C@@H](C(=O)NC2CCN(c3ccc(C(C)(C)C)cc3)CC2)C1. The summed E-state index contributed by atoms with van der Waals surface area (Å²) in [5.41, 5.74) is 2.83. The van der Waals surface area contributed by atoms with Crippen LogP contribution in [0.4, 0.5) is 5.69 Å². The Kier molecular flexibility index (Phi) is 5.88. The molecule has 5 heteroatoms. The van der Waals surface area contributed by atoms with Crippen LogP contribution in [0.5, 0.6) is 0 Å². The van der Waals surface area contributed by atoms with Crippen LogP contribution in [0, 0.1) is 0 Å². The number of benzene rings is 1. The summed E-state index contributed by atoms with van der Waals surface area (Å²) >= 11 is 0. The third kappa shape index (κ3) is 4.57. The van der Waals surface area contributed by atoms with E-state index >= 15 is 0 Å². The van der Waals surface area contributed by atoms with Crippen molar-refractivity contribution in [2.45, 2.75) is 63.6 Å². The van der Waals surface area contributed by atoms with Gasteiger partial charge in [-0.15, -0.1) is 0 Å². The molecule has 0 aliphatic carbocycles. The van der Waals surface area contributed by atoms with Gasteiger partial charge in [0, 0.05) is 38.5 Å². The molecule has 2 heterocycles. The quantitative estimate of drug-likeness (QED) is 0.867. The van der Waals surface area contributed by atoms with Crippen LogP contribution < -0.4 is 15.5 Å². The standard InChI is InChI=1S/C21H33N3O2/c1-21(2,3)15-5-7-17(8-6-15)24-11-9-16(10-12-24)23-20(25)19-13-18(26-4)14-22-19/h5-8,16,18-19,22H,9-14H2,1-4H3,(H,23,25)/t18-,19+/m0/s1. The molecule has 1 amide bonds. The van der Waals surface area contributed by atoms with Crippen molar-refractivity contribution in [3.8, 4) is 0 Å². The van der Waals surface area contributed by atoms with Gasteiger partial charge >= 0.3 is 0 Å². The molecule has 0 unspecified atom stereocenters. The van der Waals surface area contributed by atoms with Crippen LogP contribution >= 0.6 is 0 Å². The minimum absolute atomic E-state index is 0.108. The zero-order valence-electron chi connectivity index (χ0n) is 16.5. The van der Waals surface area contributed by atoms with Gasteiger partial charge in [-0.2, -0.15) is 0 Å². The van der Waals surface area contributed by atoms with Gasteiger partial charge in [0.25, 0.3) is 0 Å². The molecule has 0 spiro atoms. The van der Waals surface area contributed by atoms with E-state index in [4.69, 9.17) is 4.74 Å². The first kappa shape index (κ1) is 19.2. The van der Waals surface area contributed by atoms with Crippen LogP contribution in [0.2, 0.25) is 0 Å². The lowest BCUT2D eigenvalue weighted by molar-refractivity contribution is -0.123. The molecule has 0 radical (unpaired) electrons. The molecule has 2 N–H and O–H groups in total. The van der Waals surface area contributed by atoms with Crippen LogP contribution in [-0.4, -0.2) is 50.8 Å². The Morgan fingerprint density at radius 1 is 1.19 bits per heavy atom. The molecule has 1 aromatic rings. The van der Waals surface area contributed by atoms with E-state index < -0.39 is 0 Å². The van der Waals surface area contributed by atoms with Gasteiger partial charge in [-0.3, -0.25) is 4.79 Å². The third-order valence-corrected chi connectivity index (χ3v) is 5.68. The Morgan fingerprint density at radius 3 is 2.38 bits per heavy atom. The number of nitrogens with one attached hydrogen (secondary N) is 2. The highest BCUT2D eigenvalue weighted by Crippen LogP contribution is 2.26. The predicted molar refractivity (Wildman–Crippen MR) is 106 cm³/mol. The summed E-state index contributed by atoms with van der Waals surface area (Å²) in [5.74, 6) is 0.123. The van der Waals surface area contributed by atoms with Crippen LogP contribution in [0.3, 0.4) is 0 Å². The van der Waals surface area contributed by atoms with Crippen LogP contribution in [-0.2, 0) is 14.9 Å². The molecular formula is C21H33N3O2. The molecule has 0 saturated carbocycles. The summed E-state index contributed by atoms with van der Waals surface area (Å²) in [6, 6.07) is 9.10. The monoisotopic (exact) mass is 359 g/mol. The highest BCUT2D eigenvalue weighted by atomic mass is 16.5. The van der Waals surface area contributed by atoms with Gasteiger partial charge in [-0.1, -0.05) is 32.9 Å². The number of carbonyl (C=O) groups is 1. The number of hydrogen-bond donors (Lipinski definition) is 2. The fourth-order valence-electron chi connectivity index (χ4n) is 3.84. The van der Waals surface area contributed by atoms with Crippen molar-refractivity contribution in [1.29, 1.82) is 0 Å². The lowest BCUT2D eigenvalue weighted by Crippen LogP contribution is -2.49. The lowest BCUT2D eigenvalue weighted by atomic mass is 9.87. The highest BCUT2D eigenvalue weighted by Gasteiger charge is 2.31. The van der Waals surface area contributed by atoms with Gasteiger partial charge in [-0.05, 0) is 42.4 Å². The maximum absolute atomic E-state index is 12.4. The van der Waals surface area contributed by atoms with E-state index in [9.17, 15) is 4.79 Å². The molecule has 26 heavy (non-hydrogen) atoms. The van der Waals surface area contributed by atoms with Crippen molar-refractivity contribution in [3.63, 3.8) is 0 Å². The second-order valence-electron chi connectivity index (χ2n) is 8.62. The summed E-state index contributed by atoms with van der Waals surface area (Å²) in [5, 5.41) is 6.47. The average Bonchev–Trinajstić information content (AvgIpc) is 3.11. The molecule has 2 atom stereocenters. The summed E-state index contributed by atoms with van der Waals surface area (Å²) in [6.45, 7) is 9.45. The van der Waals surface area contributed by atoms with E-state index in [1.165, 1.54) is 11.3 Å². The first-order valence-electron chi connectivity index (χ1n) is 9.79. The fraction of sp³-hybridized carbons (Fsp3) is 0.667. The molecule has 144 valence electrons. The van der Waals surface area contributed by atoms with Gasteiger partial charge < -0.3 is 20.3 Å². The first-order valence-corrected chi connectivity index (χ1v) is 9.79. The number of hydrogen-bond acceptors (Lipinski definition) is 4. The molecule has 2 aliphatic rings. The lowest BCUT2D eigenvalue weighted by Gasteiger charge is -2.34. The number of anilines is 1. The normalized spacial score (nSPS) is 24.7. The summed E-state index contributed by atoms with van der Waals surface area (Å²) in [4.78, 5) is 14.8. The van der Waals surface area contributed by atoms with Gasteiger partial charge in [0.15, 0.2) is 0 Å². The van der Waals surface area contributed by atoms with Gasteiger partial charge in [0.2, 0.25) is 5.91 Å². The number of piperidine rings is 1. The molecule has 5 nitrogen and oxygen atoms in total. The fourth-order valence-corrected chi connectivity index (χ4v) is 3.84. The molecule has 2 saturated heterocycles. The molecule has 2 aliphatic heterocycles. The van der Waals surface area contributed by atoms with Crippen molar-refractivity contribution in [3.05, 3.63) is 29.8 Å². The Labute approximate surface area is 157 Å². The highest BCUT2D eigenvalue weighted by molar-refractivity contribution is 5.82. The zero-order valence-corrected chi connectivity index (χ0v) is 16.5. The minimum Gasteiger partial charge on any atom is -0.380 e. The van der Waals surface area contributed by atoms with Crippen LogP contribution in [0.1, 0.15) is 45.6 Å². The third-order valence-electron chi connectivity index (χ3n) is 5.68. The Balaban J connectivity index is 1.47. The van der Waals surface area contributed by atoms with Gasteiger partial charge in [0.1, 0.15) is 0 Å². The Morgan fingerprint density at radius 2 is 1.85 bits per heavy atom. The van der Waals surface area contributed by atoms with E-state index in [1.54, 1.807) is 7.11 Å². The Hall–Kier alpha value is -1.59. The van der Waals surface area contributed by atoms with Crippen molar-refractivity contribution >= 4 is 11.6 Å². The zero-order chi connectivity index (χ0) is 18.7. The molecule has 3 rings (SSSR count). The maximum atomic E-state index is 12.4. The molecule has 1 aromatic carbocycles. The van der Waals surface area contributed by atoms with E-state index in [2.05, 4.69) is 60.6 Å². The molecular weight excluding hydrogens is 326 g/mol. The number of methoxy groups -OCH3 is 1. The summed E-state index contributed by atoms with van der Waals surface area (Å²) in [7, 11) is 1.70. The second kappa shape index (κ2) is 7.97. The molecule has 2 fully saturated rings. The smallest absolute Gasteiger partial charge is 0.237 e. The van der Waals surface area contributed by atoms with E-state index in [0.29, 0.717) is 0 Å². The maximum Gasteiger partial charge on any atom is 0.237 e. The molecule has 0 bridgehead atoms. The van der Waals surface area contributed by atoms with E-state index in [-0.39, 0.29) is 29.5 Å². The number of rotatable bonds is 4. The van der Waals surface area contributed by atoms with Crippen molar-refractivity contribution in [2.75, 3.05) is 31.6 Å². The largest absolute Gasteiger partial charge is 0.380 e. The minimum atomic E-state index is -0.108. The molecule has 0 aromatic heterocycles. The number of nitrogens with zero attached hydrogens (tertiary/aromatic N) is 1. The van der Waals surface area contributed by atoms with E-state index in [0.717, 1.165) is 38.9 Å². The summed E-state index contributed by atoms with van der Waals surface area (Å²) < 4.78 is 5.32. The predicted octanol–water partition coefficient (Wildman–Crippen LogP) is 2.45. The summed E-state index contributed by atoms with van der Waals surface area (Å²) in [6.07, 6.45) is 2.91. The van der Waals surface area contributed by atoms with Crippen molar-refractivity contribution in [1.82, 2.24) is 10.6 Å². The Bertz CT molecular complexity index is 601. The number of amides is 1. The van der Waals surface area contributed by atoms with Gasteiger partial charge in [-0.25, -0.2) is 0 Å². The van der Waals surface area contributed by atoms with E-state index in [1.807, 2.05) is 0 Å². The van der Waals surface area contributed by atoms with Gasteiger partial charge in [0.05, 0.1) is 12.1 Å². The van der Waals surface area contributed by atoms with Crippen LogP contribution in [0.25, 0.3) is 0 Å². The first-order chi connectivity index (χ1) is 12.4. The second-order valence-corrected chi connectivity index (χ2v) is 8.62. The average molecular weight is 360 g/mol. The number of carbonyl (C=O) groups excluding carboxylic acids is 1. The number of ether oxygens (including phenoxy) is 1.